The first-order valence-electron chi connectivity index (χ1n) is 6.63. The normalized spacial score (nSPS) is 20.9. The Labute approximate surface area is 124 Å². The number of hydrogen-bond donors (Lipinski definition) is 0. The second-order valence-electron chi connectivity index (χ2n) is 5.06. The van der Waals surface area contributed by atoms with Crippen LogP contribution >= 0.6 is 11.6 Å². The van der Waals surface area contributed by atoms with Crippen LogP contribution in [0.25, 0.3) is 0 Å². The third kappa shape index (κ3) is 2.99. The quantitative estimate of drug-likeness (QED) is 0.861. The zero-order chi connectivity index (χ0) is 14.9. The predicted octanol–water partition coefficient (Wildman–Crippen LogP) is 2.58. The molecule has 1 heterocycles. The van der Waals surface area contributed by atoms with E-state index in [-0.39, 0.29) is 23.5 Å². The van der Waals surface area contributed by atoms with E-state index in [2.05, 4.69) is 0 Å². The van der Waals surface area contributed by atoms with E-state index in [1.165, 1.54) is 0 Å². The summed E-state index contributed by atoms with van der Waals surface area (Å²) in [5, 5.41) is 0.581. The maximum absolute atomic E-state index is 12.3. The third-order valence-corrected chi connectivity index (χ3v) is 5.80. The Morgan fingerprint density at radius 2 is 2.15 bits per heavy atom. The number of nitrogens with zero attached hydrogens (tertiary/aromatic N) is 1. The van der Waals surface area contributed by atoms with E-state index < -0.39 is 9.84 Å². The highest BCUT2D eigenvalue weighted by atomic mass is 35.5. The Kier molecular flexibility index (Phi) is 4.39. The van der Waals surface area contributed by atoms with Crippen molar-refractivity contribution in [2.24, 2.45) is 0 Å². The molecule has 0 bridgehead atoms. The lowest BCUT2D eigenvalue weighted by Gasteiger charge is -2.29. The number of benzene rings is 1. The van der Waals surface area contributed by atoms with Gasteiger partial charge in [0, 0.05) is 17.1 Å². The van der Waals surface area contributed by atoms with Gasteiger partial charge in [0.2, 0.25) is 5.91 Å². The summed E-state index contributed by atoms with van der Waals surface area (Å²) in [6.45, 7) is 3.62. The molecule has 0 spiro atoms. The molecule has 20 heavy (non-hydrogen) atoms. The molecule has 1 aliphatic heterocycles. The number of amides is 1. The molecule has 1 amide bonds. The minimum atomic E-state index is -3.04. The molecule has 110 valence electrons. The Balaban J connectivity index is 2.44. The van der Waals surface area contributed by atoms with Gasteiger partial charge in [0.15, 0.2) is 9.84 Å². The van der Waals surface area contributed by atoms with Crippen molar-refractivity contribution in [1.29, 1.82) is 0 Å². The van der Waals surface area contributed by atoms with Crippen molar-refractivity contribution in [2.75, 3.05) is 16.4 Å². The van der Waals surface area contributed by atoms with E-state index in [9.17, 15) is 13.2 Å². The van der Waals surface area contributed by atoms with Gasteiger partial charge in [-0.3, -0.25) is 4.79 Å². The lowest BCUT2D eigenvalue weighted by molar-refractivity contribution is -0.118. The molecule has 0 radical (unpaired) electrons. The Morgan fingerprint density at radius 1 is 1.45 bits per heavy atom. The van der Waals surface area contributed by atoms with Crippen molar-refractivity contribution in [2.45, 2.75) is 32.7 Å². The van der Waals surface area contributed by atoms with Crippen LogP contribution in [0.15, 0.2) is 18.2 Å². The van der Waals surface area contributed by atoms with E-state index in [0.717, 1.165) is 5.56 Å². The van der Waals surface area contributed by atoms with Gasteiger partial charge in [0.05, 0.1) is 17.5 Å². The molecule has 0 aliphatic carbocycles. The first-order valence-corrected chi connectivity index (χ1v) is 8.83. The second-order valence-corrected chi connectivity index (χ2v) is 7.69. The molecule has 1 atom stereocenters. The van der Waals surface area contributed by atoms with E-state index in [1.807, 2.05) is 13.0 Å². The van der Waals surface area contributed by atoms with Crippen molar-refractivity contribution >= 4 is 33.0 Å². The van der Waals surface area contributed by atoms with Crippen LogP contribution in [-0.4, -0.2) is 31.9 Å². The summed E-state index contributed by atoms with van der Waals surface area (Å²) >= 11 is 6.11. The zero-order valence-electron chi connectivity index (χ0n) is 11.6. The van der Waals surface area contributed by atoms with Crippen LogP contribution < -0.4 is 4.90 Å². The highest BCUT2D eigenvalue weighted by Crippen LogP contribution is 2.31. The number of anilines is 1. The molecule has 0 saturated carbocycles. The SMILES string of the molecule is CCC(=O)N(c1cccc(Cl)c1C)C1CCS(=O)(=O)C1. The summed E-state index contributed by atoms with van der Waals surface area (Å²) in [5.74, 6) is 0.104. The summed E-state index contributed by atoms with van der Waals surface area (Å²) in [6.07, 6.45) is 0.822. The summed E-state index contributed by atoms with van der Waals surface area (Å²) in [7, 11) is -3.04. The van der Waals surface area contributed by atoms with Gasteiger partial charge in [-0.25, -0.2) is 8.42 Å². The number of halogens is 1. The molecule has 0 aromatic heterocycles. The molecule has 4 nitrogen and oxygen atoms in total. The highest BCUT2D eigenvalue weighted by Gasteiger charge is 2.35. The molecular weight excluding hydrogens is 298 g/mol. The van der Waals surface area contributed by atoms with Gasteiger partial charge in [0.25, 0.3) is 0 Å². The predicted molar refractivity (Wildman–Crippen MR) is 81.0 cm³/mol. The fourth-order valence-corrected chi connectivity index (χ4v) is 4.41. The minimum Gasteiger partial charge on any atom is -0.308 e. The van der Waals surface area contributed by atoms with Crippen LogP contribution in [0.5, 0.6) is 0 Å². The van der Waals surface area contributed by atoms with Gasteiger partial charge < -0.3 is 4.90 Å². The largest absolute Gasteiger partial charge is 0.308 e. The van der Waals surface area contributed by atoms with Crippen molar-refractivity contribution < 1.29 is 13.2 Å². The maximum Gasteiger partial charge on any atom is 0.226 e. The third-order valence-electron chi connectivity index (χ3n) is 3.64. The number of sulfone groups is 1. The summed E-state index contributed by atoms with van der Waals surface area (Å²) in [6, 6.07) is 5.08. The first kappa shape index (κ1) is 15.3. The molecule has 2 rings (SSSR count). The van der Waals surface area contributed by atoms with Crippen LogP contribution in [0.2, 0.25) is 5.02 Å². The van der Waals surface area contributed by atoms with Crippen molar-refractivity contribution in [1.82, 2.24) is 0 Å². The second kappa shape index (κ2) is 5.74. The fourth-order valence-electron chi connectivity index (χ4n) is 2.54. The van der Waals surface area contributed by atoms with Crippen molar-refractivity contribution in [3.63, 3.8) is 0 Å². The van der Waals surface area contributed by atoms with Crippen LogP contribution in [0.1, 0.15) is 25.3 Å². The zero-order valence-corrected chi connectivity index (χ0v) is 13.2. The summed E-state index contributed by atoms with van der Waals surface area (Å²) in [4.78, 5) is 13.9. The molecule has 1 unspecified atom stereocenters. The lowest BCUT2D eigenvalue weighted by Crippen LogP contribution is -2.41. The molecule has 1 fully saturated rings. The van der Waals surface area contributed by atoms with Gasteiger partial charge in [-0.15, -0.1) is 0 Å². The van der Waals surface area contributed by atoms with E-state index >= 15 is 0 Å². The number of hydrogen-bond acceptors (Lipinski definition) is 3. The average molecular weight is 316 g/mol. The fraction of sp³-hybridized carbons (Fsp3) is 0.500. The monoisotopic (exact) mass is 315 g/mol. The minimum absolute atomic E-state index is 0.0324. The Hall–Kier alpha value is -1.07. The Morgan fingerprint density at radius 3 is 2.70 bits per heavy atom. The van der Waals surface area contributed by atoms with Crippen molar-refractivity contribution in [3.05, 3.63) is 28.8 Å². The number of carbonyl (C=O) groups is 1. The van der Waals surface area contributed by atoms with Gasteiger partial charge in [-0.2, -0.15) is 0 Å². The van der Waals surface area contributed by atoms with Crippen LogP contribution in [0.4, 0.5) is 5.69 Å². The Bertz CT molecular complexity index is 627. The summed E-state index contributed by atoms with van der Waals surface area (Å²) in [5.41, 5.74) is 1.52. The van der Waals surface area contributed by atoms with Crippen LogP contribution in [-0.2, 0) is 14.6 Å². The number of carbonyl (C=O) groups excluding carboxylic acids is 1. The highest BCUT2D eigenvalue weighted by molar-refractivity contribution is 7.91. The van der Waals surface area contributed by atoms with Gasteiger partial charge in [0.1, 0.15) is 0 Å². The molecule has 1 aliphatic rings. The first-order chi connectivity index (χ1) is 9.35. The topological polar surface area (TPSA) is 54.5 Å². The lowest BCUT2D eigenvalue weighted by atomic mass is 10.1. The van der Waals surface area contributed by atoms with Gasteiger partial charge in [-0.1, -0.05) is 24.6 Å². The number of rotatable bonds is 3. The van der Waals surface area contributed by atoms with E-state index in [1.54, 1.807) is 24.0 Å². The van der Waals surface area contributed by atoms with Gasteiger partial charge in [-0.05, 0) is 31.0 Å². The smallest absolute Gasteiger partial charge is 0.226 e. The molecular formula is C14H18ClNO3S. The summed E-state index contributed by atoms with van der Waals surface area (Å²) < 4.78 is 23.4. The van der Waals surface area contributed by atoms with E-state index in [4.69, 9.17) is 11.6 Å². The van der Waals surface area contributed by atoms with Crippen molar-refractivity contribution in [3.8, 4) is 0 Å². The average Bonchev–Trinajstić information content (AvgIpc) is 2.74. The molecule has 1 aromatic rings. The van der Waals surface area contributed by atoms with Gasteiger partial charge >= 0.3 is 0 Å². The maximum atomic E-state index is 12.3. The van der Waals surface area contributed by atoms with E-state index in [0.29, 0.717) is 23.6 Å². The standard InChI is InChI=1S/C14H18ClNO3S/c1-3-14(17)16(11-7-8-20(18,19)9-11)13-6-4-5-12(15)10(13)2/h4-6,11H,3,7-9H2,1-2H3. The molecule has 6 heteroatoms. The molecule has 1 saturated heterocycles. The van der Waals surface area contributed by atoms with Crippen LogP contribution in [0, 0.1) is 6.92 Å². The molecule has 0 N–H and O–H groups in total. The van der Waals surface area contributed by atoms with Crippen LogP contribution in [0.3, 0.4) is 0 Å². The molecule has 1 aromatic carbocycles.